The molecule has 1 aliphatic carbocycles. The van der Waals surface area contributed by atoms with Crippen LogP contribution in [0.1, 0.15) is 49.5 Å². The number of para-hydroxylation sites is 2. The van der Waals surface area contributed by atoms with Crippen molar-refractivity contribution >= 4 is 23.1 Å². The number of furan rings is 1. The van der Waals surface area contributed by atoms with Crippen LogP contribution in [0.25, 0.3) is 0 Å². The number of hydrogen-bond donors (Lipinski definition) is 1. The lowest BCUT2D eigenvalue weighted by Crippen LogP contribution is -2.38. The highest BCUT2D eigenvalue weighted by Crippen LogP contribution is 2.47. The van der Waals surface area contributed by atoms with Gasteiger partial charge in [-0.25, -0.2) is 0 Å². The fraction of sp³-hybridized carbons (Fsp3) is 0.259. The van der Waals surface area contributed by atoms with Crippen LogP contribution in [-0.2, 0) is 9.59 Å². The van der Waals surface area contributed by atoms with Crippen LogP contribution in [0.4, 0.5) is 11.4 Å². The molecule has 33 heavy (non-hydrogen) atoms. The van der Waals surface area contributed by atoms with Gasteiger partial charge in [0, 0.05) is 24.1 Å². The Hall–Kier alpha value is -3.80. The number of nitrogens with one attached hydrogen (secondary N) is 1. The summed E-state index contributed by atoms with van der Waals surface area (Å²) in [7, 11) is 1.64. The van der Waals surface area contributed by atoms with E-state index in [9.17, 15) is 9.59 Å². The van der Waals surface area contributed by atoms with Crippen LogP contribution in [0.3, 0.4) is 0 Å². The zero-order chi connectivity index (χ0) is 22.9. The smallest absolute Gasteiger partial charge is 0.227 e. The second-order valence-electron chi connectivity index (χ2n) is 8.37. The molecule has 2 aliphatic rings. The van der Waals surface area contributed by atoms with Crippen molar-refractivity contribution < 1.29 is 18.7 Å². The topological polar surface area (TPSA) is 71.8 Å². The Kier molecular flexibility index (Phi) is 5.50. The standard InChI is InChI=1S/C27H26N2O4/c1-3-25(31)29-22-8-5-4-7-20(22)28-21-15-18(17-10-12-19(32-2)13-11-17)16-23(30)26(21)27(29)24-9-6-14-33-24/h4-14,18,27-28H,3,15-16H2,1-2H3/t18-,27+/m0/s1. The Balaban J connectivity index is 1.65. The predicted octanol–water partition coefficient (Wildman–Crippen LogP) is 5.60. The minimum atomic E-state index is -0.608. The van der Waals surface area contributed by atoms with Crippen LogP contribution < -0.4 is 15.0 Å². The van der Waals surface area contributed by atoms with E-state index in [4.69, 9.17) is 9.15 Å². The number of ether oxygens (including phenoxy) is 1. The number of Topliss-reactive ketones (excluding diaryl/α,β-unsaturated/α-hetero) is 1. The fourth-order valence-corrected chi connectivity index (χ4v) is 4.86. The summed E-state index contributed by atoms with van der Waals surface area (Å²) in [4.78, 5) is 28.6. The van der Waals surface area contributed by atoms with Crippen molar-refractivity contribution in [3.05, 3.63) is 89.5 Å². The summed E-state index contributed by atoms with van der Waals surface area (Å²) in [5.41, 5.74) is 4.09. The van der Waals surface area contributed by atoms with Gasteiger partial charge in [-0.05, 0) is 54.3 Å². The molecule has 1 amide bonds. The van der Waals surface area contributed by atoms with E-state index in [1.54, 1.807) is 24.3 Å². The summed E-state index contributed by atoms with van der Waals surface area (Å²) in [5, 5.41) is 3.51. The third-order valence-electron chi connectivity index (χ3n) is 6.46. The summed E-state index contributed by atoms with van der Waals surface area (Å²) in [6.45, 7) is 1.83. The molecule has 2 aromatic carbocycles. The quantitative estimate of drug-likeness (QED) is 0.570. The molecule has 0 unspecified atom stereocenters. The zero-order valence-corrected chi connectivity index (χ0v) is 18.7. The number of amides is 1. The van der Waals surface area contributed by atoms with Gasteiger partial charge in [0.05, 0.1) is 24.7 Å². The zero-order valence-electron chi connectivity index (χ0n) is 18.7. The van der Waals surface area contributed by atoms with E-state index in [0.29, 0.717) is 30.6 Å². The number of fused-ring (bicyclic) bond motifs is 1. The first-order chi connectivity index (χ1) is 16.1. The number of anilines is 2. The monoisotopic (exact) mass is 442 g/mol. The average Bonchev–Trinajstić information content (AvgIpc) is 3.33. The molecule has 1 N–H and O–H groups in total. The van der Waals surface area contributed by atoms with Gasteiger partial charge in [-0.2, -0.15) is 0 Å². The number of carbonyl (C=O) groups excluding carboxylic acids is 2. The van der Waals surface area contributed by atoms with Crippen molar-refractivity contribution in [1.29, 1.82) is 0 Å². The molecular weight excluding hydrogens is 416 g/mol. The maximum absolute atomic E-state index is 13.7. The van der Waals surface area contributed by atoms with Crippen LogP contribution in [0.2, 0.25) is 0 Å². The number of ketones is 1. The van der Waals surface area contributed by atoms with Gasteiger partial charge in [0.25, 0.3) is 0 Å². The molecule has 6 nitrogen and oxygen atoms in total. The summed E-state index contributed by atoms with van der Waals surface area (Å²) < 4.78 is 11.1. The first-order valence-corrected chi connectivity index (χ1v) is 11.2. The largest absolute Gasteiger partial charge is 0.497 e. The molecule has 168 valence electrons. The third kappa shape index (κ3) is 3.71. The molecule has 1 aromatic heterocycles. The highest BCUT2D eigenvalue weighted by atomic mass is 16.5. The predicted molar refractivity (Wildman–Crippen MR) is 126 cm³/mol. The average molecular weight is 443 g/mol. The Morgan fingerprint density at radius 3 is 2.58 bits per heavy atom. The number of rotatable bonds is 4. The van der Waals surface area contributed by atoms with Crippen LogP contribution in [-0.4, -0.2) is 18.8 Å². The summed E-state index contributed by atoms with van der Waals surface area (Å²) in [6.07, 6.45) is 2.93. The number of allylic oxidation sites excluding steroid dienone is 1. The molecule has 5 rings (SSSR count). The molecule has 0 saturated heterocycles. The van der Waals surface area contributed by atoms with Gasteiger partial charge in [-0.15, -0.1) is 0 Å². The van der Waals surface area contributed by atoms with Crippen molar-refractivity contribution in [2.24, 2.45) is 0 Å². The van der Waals surface area contributed by atoms with Gasteiger partial charge in [-0.3, -0.25) is 14.5 Å². The fourth-order valence-electron chi connectivity index (χ4n) is 4.86. The SMILES string of the molecule is CCC(=O)N1c2ccccc2NC2=C(C(=O)C[C@@H](c3ccc(OC)cc3)C2)[C@H]1c1ccco1. The van der Waals surface area contributed by atoms with Crippen molar-refractivity contribution in [2.75, 3.05) is 17.3 Å². The number of nitrogens with zero attached hydrogens (tertiary/aromatic N) is 1. The van der Waals surface area contributed by atoms with Crippen LogP contribution >= 0.6 is 0 Å². The molecule has 1 aliphatic heterocycles. The minimum Gasteiger partial charge on any atom is -0.497 e. The first kappa shape index (κ1) is 21.1. The Labute approximate surface area is 192 Å². The molecule has 0 spiro atoms. The number of methoxy groups -OCH3 is 1. The maximum Gasteiger partial charge on any atom is 0.227 e. The summed E-state index contributed by atoms with van der Waals surface area (Å²) in [6, 6.07) is 18.6. The number of hydrogen-bond acceptors (Lipinski definition) is 5. The van der Waals surface area contributed by atoms with E-state index >= 15 is 0 Å². The number of benzene rings is 2. The van der Waals surface area contributed by atoms with Gasteiger partial charge >= 0.3 is 0 Å². The highest BCUT2D eigenvalue weighted by molar-refractivity contribution is 6.06. The second kappa shape index (κ2) is 8.62. The summed E-state index contributed by atoms with van der Waals surface area (Å²) in [5.74, 6) is 1.36. The van der Waals surface area contributed by atoms with Gasteiger partial charge in [0.15, 0.2) is 5.78 Å². The van der Waals surface area contributed by atoms with Gasteiger partial charge in [-0.1, -0.05) is 31.2 Å². The van der Waals surface area contributed by atoms with Crippen molar-refractivity contribution in [2.45, 2.75) is 38.1 Å². The van der Waals surface area contributed by atoms with Crippen LogP contribution in [0.5, 0.6) is 5.75 Å². The van der Waals surface area contributed by atoms with Crippen molar-refractivity contribution in [3.8, 4) is 5.75 Å². The molecule has 0 saturated carbocycles. The van der Waals surface area contributed by atoms with E-state index in [2.05, 4.69) is 5.32 Å². The van der Waals surface area contributed by atoms with Crippen molar-refractivity contribution in [1.82, 2.24) is 0 Å². The lowest BCUT2D eigenvalue weighted by Gasteiger charge is -2.33. The third-order valence-corrected chi connectivity index (χ3v) is 6.46. The minimum absolute atomic E-state index is 0.0210. The normalized spacial score (nSPS) is 19.9. The van der Waals surface area contributed by atoms with E-state index in [0.717, 1.165) is 28.4 Å². The Bertz CT molecular complexity index is 1210. The first-order valence-electron chi connectivity index (χ1n) is 11.2. The molecule has 0 bridgehead atoms. The lowest BCUT2D eigenvalue weighted by atomic mass is 9.79. The number of carbonyl (C=O) groups is 2. The van der Waals surface area contributed by atoms with Gasteiger partial charge in [0.1, 0.15) is 17.6 Å². The van der Waals surface area contributed by atoms with Gasteiger partial charge in [0.2, 0.25) is 5.91 Å². The van der Waals surface area contributed by atoms with Crippen LogP contribution in [0, 0.1) is 0 Å². The molecule has 2 atom stereocenters. The van der Waals surface area contributed by atoms with E-state index in [1.165, 1.54) is 0 Å². The molecule has 6 heteroatoms. The Morgan fingerprint density at radius 2 is 1.88 bits per heavy atom. The van der Waals surface area contributed by atoms with Crippen LogP contribution in [0.15, 0.2) is 82.6 Å². The molecule has 3 aromatic rings. The van der Waals surface area contributed by atoms with Crippen molar-refractivity contribution in [3.63, 3.8) is 0 Å². The molecular formula is C27H26N2O4. The second-order valence-corrected chi connectivity index (χ2v) is 8.37. The van der Waals surface area contributed by atoms with E-state index < -0.39 is 6.04 Å². The molecule has 0 radical (unpaired) electrons. The lowest BCUT2D eigenvalue weighted by molar-refractivity contribution is -0.119. The van der Waals surface area contributed by atoms with Gasteiger partial charge < -0.3 is 14.5 Å². The Morgan fingerprint density at radius 1 is 1.09 bits per heavy atom. The molecule has 2 heterocycles. The summed E-state index contributed by atoms with van der Waals surface area (Å²) >= 11 is 0. The highest BCUT2D eigenvalue weighted by Gasteiger charge is 2.42. The maximum atomic E-state index is 13.7. The van der Waals surface area contributed by atoms with E-state index in [1.807, 2.05) is 61.5 Å². The van der Waals surface area contributed by atoms with E-state index in [-0.39, 0.29) is 17.6 Å². The molecule has 0 fully saturated rings.